The Morgan fingerprint density at radius 3 is 2.37 bits per heavy atom. The van der Waals surface area contributed by atoms with Gasteiger partial charge in [0.1, 0.15) is 0 Å². The van der Waals surface area contributed by atoms with Gasteiger partial charge in [0, 0.05) is 34.5 Å². The number of hydrogen-bond donors (Lipinski definition) is 1. The second-order valence-electron chi connectivity index (χ2n) is 7.49. The highest BCUT2D eigenvalue weighted by Gasteiger charge is 2.48. The molecule has 142 valence electrons. The number of rotatable bonds is 4. The third-order valence-electron chi connectivity index (χ3n) is 5.91. The molecule has 1 aliphatic carbocycles. The molecule has 1 N–H and O–H groups in total. The molecule has 0 spiro atoms. The van der Waals surface area contributed by atoms with E-state index >= 15 is 0 Å². The standard InChI is InChI=1S/C21H23BrN2O2S/c22-17-4-2-16(3-5-17)21(9-1-10-21)20(26)24-11-6-18(7-12-24)23-19(25)15-8-13-27-14-15/h2-5,8,13-14,18H,1,6-7,9-12H2,(H,23,25). The summed E-state index contributed by atoms with van der Waals surface area (Å²) in [4.78, 5) is 27.6. The number of nitrogens with zero attached hydrogens (tertiary/aromatic N) is 1. The minimum Gasteiger partial charge on any atom is -0.349 e. The van der Waals surface area contributed by atoms with Crippen molar-refractivity contribution in [3.05, 3.63) is 56.7 Å². The Kier molecular flexibility index (Phi) is 5.37. The van der Waals surface area contributed by atoms with Gasteiger partial charge < -0.3 is 10.2 Å². The van der Waals surface area contributed by atoms with Crippen LogP contribution in [0.25, 0.3) is 0 Å². The van der Waals surface area contributed by atoms with Crippen LogP contribution in [-0.2, 0) is 10.2 Å². The Labute approximate surface area is 172 Å². The predicted molar refractivity (Wildman–Crippen MR) is 111 cm³/mol. The van der Waals surface area contributed by atoms with Gasteiger partial charge in [-0.05, 0) is 54.8 Å². The van der Waals surface area contributed by atoms with Gasteiger partial charge in [-0.15, -0.1) is 0 Å². The van der Waals surface area contributed by atoms with Crippen LogP contribution in [0.15, 0.2) is 45.6 Å². The van der Waals surface area contributed by atoms with E-state index in [1.165, 1.54) is 11.3 Å². The zero-order chi connectivity index (χ0) is 18.9. The summed E-state index contributed by atoms with van der Waals surface area (Å²) >= 11 is 5.00. The van der Waals surface area contributed by atoms with Crippen molar-refractivity contribution in [2.24, 2.45) is 0 Å². The van der Waals surface area contributed by atoms with Crippen molar-refractivity contribution < 1.29 is 9.59 Å². The van der Waals surface area contributed by atoms with Crippen LogP contribution in [0.1, 0.15) is 48.0 Å². The molecule has 0 unspecified atom stereocenters. The van der Waals surface area contributed by atoms with E-state index in [1.807, 2.05) is 33.9 Å². The molecule has 2 aliphatic rings. The summed E-state index contributed by atoms with van der Waals surface area (Å²) in [5.41, 5.74) is 1.52. The van der Waals surface area contributed by atoms with Crippen LogP contribution in [0, 0.1) is 0 Å². The van der Waals surface area contributed by atoms with E-state index < -0.39 is 0 Å². The van der Waals surface area contributed by atoms with Crippen molar-refractivity contribution in [1.29, 1.82) is 0 Å². The molecule has 4 rings (SSSR count). The SMILES string of the molecule is O=C(NC1CCN(C(=O)C2(c3ccc(Br)cc3)CCC2)CC1)c1ccsc1. The summed E-state index contributed by atoms with van der Waals surface area (Å²) in [5, 5.41) is 6.89. The van der Waals surface area contributed by atoms with Gasteiger partial charge in [-0.1, -0.05) is 34.5 Å². The Bertz CT molecular complexity index is 807. The number of amides is 2. The molecule has 4 nitrogen and oxygen atoms in total. The molecule has 2 heterocycles. The highest BCUT2D eigenvalue weighted by atomic mass is 79.9. The summed E-state index contributed by atoms with van der Waals surface area (Å²) in [6.45, 7) is 1.43. The molecular weight excluding hydrogens is 424 g/mol. The smallest absolute Gasteiger partial charge is 0.252 e. The third kappa shape index (κ3) is 3.69. The van der Waals surface area contributed by atoms with Crippen molar-refractivity contribution >= 4 is 39.1 Å². The first-order valence-corrected chi connectivity index (χ1v) is 11.2. The Morgan fingerprint density at radius 2 is 1.81 bits per heavy atom. The van der Waals surface area contributed by atoms with Crippen molar-refractivity contribution in [3.63, 3.8) is 0 Å². The maximum Gasteiger partial charge on any atom is 0.252 e. The fourth-order valence-electron chi connectivity index (χ4n) is 4.12. The van der Waals surface area contributed by atoms with E-state index in [0.717, 1.165) is 47.7 Å². The quantitative estimate of drug-likeness (QED) is 0.758. The van der Waals surface area contributed by atoms with Crippen LogP contribution < -0.4 is 5.32 Å². The van der Waals surface area contributed by atoms with Crippen molar-refractivity contribution in [3.8, 4) is 0 Å². The van der Waals surface area contributed by atoms with Gasteiger partial charge >= 0.3 is 0 Å². The molecule has 6 heteroatoms. The van der Waals surface area contributed by atoms with E-state index in [9.17, 15) is 9.59 Å². The van der Waals surface area contributed by atoms with Crippen molar-refractivity contribution in [2.45, 2.75) is 43.6 Å². The van der Waals surface area contributed by atoms with Gasteiger partial charge in [0.05, 0.1) is 5.41 Å². The average Bonchev–Trinajstić information content (AvgIpc) is 3.18. The Morgan fingerprint density at radius 1 is 1.11 bits per heavy atom. The van der Waals surface area contributed by atoms with E-state index in [1.54, 1.807) is 0 Å². The Balaban J connectivity index is 1.38. The summed E-state index contributed by atoms with van der Waals surface area (Å²) < 4.78 is 1.04. The molecule has 0 atom stereocenters. The van der Waals surface area contributed by atoms with Gasteiger partial charge in [0.25, 0.3) is 5.91 Å². The normalized spacial score (nSPS) is 19.4. The lowest BCUT2D eigenvalue weighted by molar-refractivity contribution is -0.142. The first-order valence-electron chi connectivity index (χ1n) is 9.47. The maximum absolute atomic E-state index is 13.3. The van der Waals surface area contributed by atoms with Gasteiger partial charge in [0.2, 0.25) is 5.91 Å². The number of hydrogen-bond acceptors (Lipinski definition) is 3. The van der Waals surface area contributed by atoms with E-state index in [-0.39, 0.29) is 23.3 Å². The second-order valence-corrected chi connectivity index (χ2v) is 9.19. The van der Waals surface area contributed by atoms with Crippen LogP contribution >= 0.6 is 27.3 Å². The maximum atomic E-state index is 13.3. The average molecular weight is 447 g/mol. The molecule has 1 aromatic heterocycles. The molecule has 1 saturated carbocycles. The molecule has 1 aromatic carbocycles. The van der Waals surface area contributed by atoms with Crippen LogP contribution in [0.5, 0.6) is 0 Å². The summed E-state index contributed by atoms with van der Waals surface area (Å²) in [7, 11) is 0. The van der Waals surface area contributed by atoms with Crippen molar-refractivity contribution in [1.82, 2.24) is 10.2 Å². The Hall–Kier alpha value is -1.66. The summed E-state index contributed by atoms with van der Waals surface area (Å²) in [6, 6.07) is 10.2. The van der Waals surface area contributed by atoms with E-state index in [0.29, 0.717) is 13.1 Å². The van der Waals surface area contributed by atoms with Crippen LogP contribution in [-0.4, -0.2) is 35.8 Å². The number of carbonyl (C=O) groups is 2. The molecule has 2 amide bonds. The number of thiophene rings is 1. The molecule has 27 heavy (non-hydrogen) atoms. The van der Waals surface area contributed by atoms with Gasteiger partial charge in [-0.3, -0.25) is 9.59 Å². The lowest BCUT2D eigenvalue weighted by Crippen LogP contribution is -2.55. The zero-order valence-electron chi connectivity index (χ0n) is 15.1. The summed E-state index contributed by atoms with van der Waals surface area (Å²) in [6.07, 6.45) is 4.61. The number of halogens is 1. The predicted octanol–water partition coefficient (Wildman–Crippen LogP) is 4.35. The molecule has 2 aromatic rings. The fraction of sp³-hybridized carbons (Fsp3) is 0.429. The third-order valence-corrected chi connectivity index (χ3v) is 7.13. The number of carbonyl (C=O) groups excluding carboxylic acids is 2. The van der Waals surface area contributed by atoms with Gasteiger partial charge in [-0.2, -0.15) is 11.3 Å². The van der Waals surface area contributed by atoms with Crippen molar-refractivity contribution in [2.75, 3.05) is 13.1 Å². The number of nitrogens with one attached hydrogen (secondary N) is 1. The largest absolute Gasteiger partial charge is 0.349 e. The zero-order valence-corrected chi connectivity index (χ0v) is 17.5. The monoisotopic (exact) mass is 446 g/mol. The molecule has 1 saturated heterocycles. The summed E-state index contributed by atoms with van der Waals surface area (Å²) in [5.74, 6) is 0.255. The number of benzene rings is 1. The minimum atomic E-state index is -0.340. The van der Waals surface area contributed by atoms with Crippen LogP contribution in [0.4, 0.5) is 0 Å². The molecule has 2 fully saturated rings. The number of likely N-dealkylation sites (tertiary alicyclic amines) is 1. The van der Waals surface area contributed by atoms with Crippen LogP contribution in [0.2, 0.25) is 0 Å². The van der Waals surface area contributed by atoms with Gasteiger partial charge in [-0.25, -0.2) is 0 Å². The second kappa shape index (κ2) is 7.76. The molecule has 0 radical (unpaired) electrons. The number of piperidine rings is 1. The molecular formula is C21H23BrN2O2S. The topological polar surface area (TPSA) is 49.4 Å². The lowest BCUT2D eigenvalue weighted by atomic mass is 9.63. The van der Waals surface area contributed by atoms with Gasteiger partial charge in [0.15, 0.2) is 0 Å². The highest BCUT2D eigenvalue weighted by Crippen LogP contribution is 2.45. The lowest BCUT2D eigenvalue weighted by Gasteiger charge is -2.45. The molecule has 1 aliphatic heterocycles. The van der Waals surface area contributed by atoms with Crippen LogP contribution in [0.3, 0.4) is 0 Å². The first kappa shape index (κ1) is 18.7. The first-order chi connectivity index (χ1) is 13.1. The fourth-order valence-corrected chi connectivity index (χ4v) is 5.02. The van der Waals surface area contributed by atoms with E-state index in [4.69, 9.17) is 0 Å². The van der Waals surface area contributed by atoms with E-state index in [2.05, 4.69) is 33.4 Å². The minimum absolute atomic E-state index is 0.00801. The molecule has 0 bridgehead atoms. The highest BCUT2D eigenvalue weighted by molar-refractivity contribution is 9.10.